The summed E-state index contributed by atoms with van der Waals surface area (Å²) in [4.78, 5) is 38.4. The summed E-state index contributed by atoms with van der Waals surface area (Å²) in [6.07, 6.45) is 7.44. The van der Waals surface area contributed by atoms with Crippen LogP contribution in [0.4, 0.5) is 10.2 Å². The van der Waals surface area contributed by atoms with Crippen LogP contribution in [0, 0.1) is 17.7 Å². The summed E-state index contributed by atoms with van der Waals surface area (Å²) in [5.41, 5.74) is 1.54. The number of anilines is 1. The van der Waals surface area contributed by atoms with Crippen molar-refractivity contribution in [3.63, 3.8) is 0 Å². The zero-order valence-corrected chi connectivity index (χ0v) is 19.9. The Hall–Kier alpha value is -3.39. The van der Waals surface area contributed by atoms with Crippen LogP contribution in [0.25, 0.3) is 21.9 Å². The molecule has 0 radical (unpaired) electrons. The molecule has 2 fully saturated rings. The van der Waals surface area contributed by atoms with Gasteiger partial charge in [-0.2, -0.15) is 0 Å². The first-order valence-electron chi connectivity index (χ1n) is 12.3. The summed E-state index contributed by atoms with van der Waals surface area (Å²) < 4.78 is 13.6. The van der Waals surface area contributed by atoms with Gasteiger partial charge in [-0.15, -0.1) is 0 Å². The van der Waals surface area contributed by atoms with Crippen LogP contribution in [-0.4, -0.2) is 64.8 Å². The lowest BCUT2D eigenvalue weighted by atomic mass is 9.81. The summed E-state index contributed by atoms with van der Waals surface area (Å²) in [6.45, 7) is 3.42. The Morgan fingerprint density at radius 3 is 2.37 bits per heavy atom. The second-order valence-corrected chi connectivity index (χ2v) is 9.69. The van der Waals surface area contributed by atoms with E-state index in [0.717, 1.165) is 55.4 Å². The molecule has 5 rings (SSSR count). The Morgan fingerprint density at radius 2 is 1.63 bits per heavy atom. The number of carbonyl (C=O) groups is 2. The SMILES string of the molecule is CN1CCN(C(=O)C2CCC(C(=O)Nc3cc4cc(-c5cncc(F)c5)ccc4cn3)CC2)CC1. The third kappa shape index (κ3) is 5.32. The van der Waals surface area contributed by atoms with Crippen molar-refractivity contribution in [1.29, 1.82) is 0 Å². The van der Waals surface area contributed by atoms with Gasteiger partial charge in [-0.3, -0.25) is 14.6 Å². The standard InChI is InChI=1S/C27H30FN5O2/c1-32-8-10-33(11-9-32)27(35)19-4-2-18(3-5-19)26(34)31-25-14-22-12-20(6-7-21(22)16-30-25)23-13-24(28)17-29-15-23/h6-7,12-19H,2-5,8-11H2,1H3,(H,30,31,34). The lowest BCUT2D eigenvalue weighted by Crippen LogP contribution is -2.49. The first-order valence-corrected chi connectivity index (χ1v) is 12.3. The number of likely N-dealkylation sites (N-methyl/N-ethyl adjacent to an activating group) is 1. The average molecular weight is 476 g/mol. The molecule has 182 valence electrons. The van der Waals surface area contributed by atoms with Crippen molar-refractivity contribution in [2.45, 2.75) is 25.7 Å². The van der Waals surface area contributed by atoms with Crippen LogP contribution in [0.15, 0.2) is 48.9 Å². The molecule has 0 spiro atoms. The Kier molecular flexibility index (Phi) is 6.72. The van der Waals surface area contributed by atoms with Crippen LogP contribution in [0.3, 0.4) is 0 Å². The number of aromatic nitrogens is 2. The van der Waals surface area contributed by atoms with E-state index in [1.807, 2.05) is 29.2 Å². The fraction of sp³-hybridized carbons (Fsp3) is 0.407. The van der Waals surface area contributed by atoms with E-state index in [1.54, 1.807) is 12.4 Å². The van der Waals surface area contributed by atoms with Crippen molar-refractivity contribution in [3.05, 3.63) is 54.7 Å². The molecule has 1 aliphatic heterocycles. The smallest absolute Gasteiger partial charge is 0.228 e. The molecular formula is C27H30FN5O2. The Labute approximate surface area is 204 Å². The molecule has 2 aliphatic rings. The highest BCUT2D eigenvalue weighted by molar-refractivity contribution is 5.95. The van der Waals surface area contributed by atoms with Gasteiger partial charge >= 0.3 is 0 Å². The fourth-order valence-electron chi connectivity index (χ4n) is 5.07. The summed E-state index contributed by atoms with van der Waals surface area (Å²) in [7, 11) is 2.08. The number of nitrogens with one attached hydrogen (secondary N) is 1. The Morgan fingerprint density at radius 1 is 0.886 bits per heavy atom. The molecule has 1 aliphatic carbocycles. The van der Waals surface area contributed by atoms with E-state index in [9.17, 15) is 14.0 Å². The van der Waals surface area contributed by atoms with Crippen LogP contribution in [-0.2, 0) is 9.59 Å². The molecule has 1 aromatic carbocycles. The Balaban J connectivity index is 1.21. The van der Waals surface area contributed by atoms with Gasteiger partial charge in [0.05, 0.1) is 6.20 Å². The molecule has 3 heterocycles. The number of benzene rings is 1. The number of piperazine rings is 1. The molecule has 1 saturated carbocycles. The molecule has 35 heavy (non-hydrogen) atoms. The molecule has 1 N–H and O–H groups in total. The third-order valence-corrected chi connectivity index (χ3v) is 7.27. The molecule has 0 unspecified atom stereocenters. The second-order valence-electron chi connectivity index (χ2n) is 9.69. The summed E-state index contributed by atoms with van der Waals surface area (Å²) >= 11 is 0. The van der Waals surface area contributed by atoms with Gasteiger partial charge in [0.2, 0.25) is 11.8 Å². The van der Waals surface area contributed by atoms with Crippen molar-refractivity contribution in [2.75, 3.05) is 38.5 Å². The molecule has 0 bridgehead atoms. The number of nitrogens with zero attached hydrogens (tertiary/aromatic N) is 4. The number of carbonyl (C=O) groups excluding carboxylic acids is 2. The van der Waals surface area contributed by atoms with Gasteiger partial charge in [0.15, 0.2) is 0 Å². The van der Waals surface area contributed by atoms with Gasteiger partial charge in [-0.05, 0) is 61.9 Å². The van der Waals surface area contributed by atoms with Gasteiger partial charge in [0, 0.05) is 61.4 Å². The van der Waals surface area contributed by atoms with Crippen molar-refractivity contribution in [3.8, 4) is 11.1 Å². The maximum Gasteiger partial charge on any atom is 0.228 e. The van der Waals surface area contributed by atoms with E-state index in [4.69, 9.17) is 0 Å². The number of fused-ring (bicyclic) bond motifs is 1. The van der Waals surface area contributed by atoms with Crippen LogP contribution in [0.5, 0.6) is 0 Å². The minimum Gasteiger partial charge on any atom is -0.340 e. The number of pyridine rings is 2. The highest BCUT2D eigenvalue weighted by Gasteiger charge is 2.33. The predicted molar refractivity (Wildman–Crippen MR) is 133 cm³/mol. The summed E-state index contributed by atoms with van der Waals surface area (Å²) in [6, 6.07) is 9.06. The van der Waals surface area contributed by atoms with E-state index in [0.29, 0.717) is 24.2 Å². The van der Waals surface area contributed by atoms with E-state index in [-0.39, 0.29) is 29.5 Å². The van der Waals surface area contributed by atoms with Crippen molar-refractivity contribution in [1.82, 2.24) is 19.8 Å². The normalized spacial score (nSPS) is 21.1. The molecule has 2 amide bonds. The van der Waals surface area contributed by atoms with Crippen LogP contribution < -0.4 is 5.32 Å². The molecular weight excluding hydrogens is 445 g/mol. The van der Waals surface area contributed by atoms with Crippen LogP contribution in [0.1, 0.15) is 25.7 Å². The zero-order valence-electron chi connectivity index (χ0n) is 19.9. The fourth-order valence-corrected chi connectivity index (χ4v) is 5.07. The minimum absolute atomic E-state index is 0.0250. The van der Waals surface area contributed by atoms with Gasteiger partial charge < -0.3 is 15.1 Å². The number of rotatable bonds is 4. The average Bonchev–Trinajstić information content (AvgIpc) is 2.88. The van der Waals surface area contributed by atoms with Crippen molar-refractivity contribution < 1.29 is 14.0 Å². The summed E-state index contributed by atoms with van der Waals surface area (Å²) in [5.74, 6) is 0.217. The van der Waals surface area contributed by atoms with Gasteiger partial charge in [0.25, 0.3) is 0 Å². The molecule has 7 nitrogen and oxygen atoms in total. The predicted octanol–water partition coefficient (Wildman–Crippen LogP) is 3.95. The lowest BCUT2D eigenvalue weighted by molar-refractivity contribution is -0.139. The minimum atomic E-state index is -0.384. The molecule has 0 atom stereocenters. The van der Waals surface area contributed by atoms with Gasteiger partial charge in [0.1, 0.15) is 11.6 Å². The zero-order chi connectivity index (χ0) is 24.4. The first kappa shape index (κ1) is 23.4. The molecule has 3 aromatic rings. The number of halogens is 1. The van der Waals surface area contributed by atoms with E-state index in [2.05, 4.69) is 27.2 Å². The lowest BCUT2D eigenvalue weighted by Gasteiger charge is -2.36. The maximum absolute atomic E-state index is 13.6. The highest BCUT2D eigenvalue weighted by atomic mass is 19.1. The molecule has 8 heteroatoms. The highest BCUT2D eigenvalue weighted by Crippen LogP contribution is 2.31. The Bertz CT molecular complexity index is 1230. The van der Waals surface area contributed by atoms with Gasteiger partial charge in [-0.1, -0.05) is 12.1 Å². The molecule has 2 aromatic heterocycles. The topological polar surface area (TPSA) is 78.4 Å². The quantitative estimate of drug-likeness (QED) is 0.618. The third-order valence-electron chi connectivity index (χ3n) is 7.27. The second kappa shape index (κ2) is 10.1. The van der Waals surface area contributed by atoms with Crippen molar-refractivity contribution >= 4 is 28.4 Å². The summed E-state index contributed by atoms with van der Waals surface area (Å²) in [5, 5.41) is 4.79. The maximum atomic E-state index is 13.6. The number of amides is 2. The van der Waals surface area contributed by atoms with Crippen LogP contribution in [0.2, 0.25) is 0 Å². The van der Waals surface area contributed by atoms with E-state index < -0.39 is 0 Å². The largest absolute Gasteiger partial charge is 0.340 e. The monoisotopic (exact) mass is 475 g/mol. The van der Waals surface area contributed by atoms with Crippen LogP contribution >= 0.6 is 0 Å². The van der Waals surface area contributed by atoms with E-state index >= 15 is 0 Å². The number of hydrogen-bond donors (Lipinski definition) is 1. The van der Waals surface area contributed by atoms with E-state index in [1.165, 1.54) is 12.3 Å². The first-order chi connectivity index (χ1) is 17.0. The van der Waals surface area contributed by atoms with Gasteiger partial charge in [-0.25, -0.2) is 9.37 Å². The molecule has 1 saturated heterocycles. The number of hydrogen-bond acceptors (Lipinski definition) is 5. The van der Waals surface area contributed by atoms with Crippen molar-refractivity contribution in [2.24, 2.45) is 11.8 Å².